The summed E-state index contributed by atoms with van der Waals surface area (Å²) < 4.78 is 5.16. The summed E-state index contributed by atoms with van der Waals surface area (Å²) in [6, 6.07) is 19.2. The third-order valence-electron chi connectivity index (χ3n) is 5.66. The summed E-state index contributed by atoms with van der Waals surface area (Å²) >= 11 is 0. The van der Waals surface area contributed by atoms with E-state index in [1.54, 1.807) is 31.6 Å². The highest BCUT2D eigenvalue weighted by atomic mass is 16.5. The number of aromatic nitrogens is 2. The molecule has 0 aliphatic rings. The fourth-order valence-electron chi connectivity index (χ4n) is 3.38. The average Bonchev–Trinajstić information content (AvgIpc) is 2.88. The number of pyridine rings is 2. The van der Waals surface area contributed by atoms with Crippen molar-refractivity contribution in [2.75, 3.05) is 14.2 Å². The SMILES string of the molecule is COc1cc(C(C)N(C)Cc2cccnc2)ccc1O.Cc1ccc(O)c(C)c1.Cc1cccnc1. The van der Waals surface area contributed by atoms with Crippen molar-refractivity contribution in [3.8, 4) is 17.2 Å². The van der Waals surface area contributed by atoms with Gasteiger partial charge in [0.2, 0.25) is 0 Å². The lowest BCUT2D eigenvalue weighted by atomic mass is 10.1. The Morgan fingerprint density at radius 2 is 1.50 bits per heavy atom. The Kier molecular flexibility index (Phi) is 11.4. The number of aryl methyl sites for hydroxylation is 3. The second-order valence-corrected chi connectivity index (χ2v) is 8.70. The minimum atomic E-state index is 0.165. The predicted octanol–water partition coefficient (Wildman–Crippen LogP) is 6.39. The lowest BCUT2D eigenvalue weighted by molar-refractivity contribution is 0.252. The maximum atomic E-state index is 9.64. The van der Waals surface area contributed by atoms with E-state index in [-0.39, 0.29) is 11.8 Å². The van der Waals surface area contributed by atoms with Gasteiger partial charge in [-0.25, -0.2) is 0 Å². The summed E-state index contributed by atoms with van der Waals surface area (Å²) in [6.45, 7) is 8.86. The highest BCUT2D eigenvalue weighted by molar-refractivity contribution is 5.42. The van der Waals surface area contributed by atoms with Crippen LogP contribution in [0.5, 0.6) is 17.2 Å². The lowest BCUT2D eigenvalue weighted by Gasteiger charge is -2.25. The molecule has 1 unspecified atom stereocenters. The molecule has 190 valence electrons. The van der Waals surface area contributed by atoms with Crippen molar-refractivity contribution in [1.29, 1.82) is 0 Å². The molecule has 2 N–H and O–H groups in total. The molecule has 0 fully saturated rings. The zero-order chi connectivity index (χ0) is 26.5. The van der Waals surface area contributed by atoms with Crippen LogP contribution in [0, 0.1) is 20.8 Å². The van der Waals surface area contributed by atoms with Crippen molar-refractivity contribution in [3.63, 3.8) is 0 Å². The first-order valence-corrected chi connectivity index (χ1v) is 11.8. The lowest BCUT2D eigenvalue weighted by Crippen LogP contribution is -2.22. The molecule has 0 bridgehead atoms. The van der Waals surface area contributed by atoms with Crippen molar-refractivity contribution in [2.24, 2.45) is 0 Å². The molecule has 1 atom stereocenters. The van der Waals surface area contributed by atoms with Gasteiger partial charge in [-0.3, -0.25) is 14.9 Å². The van der Waals surface area contributed by atoms with Crippen molar-refractivity contribution in [2.45, 2.75) is 40.3 Å². The quantitative estimate of drug-likeness (QED) is 0.340. The predicted molar refractivity (Wildman–Crippen MR) is 145 cm³/mol. The first kappa shape index (κ1) is 28.3. The van der Waals surface area contributed by atoms with Crippen molar-refractivity contribution in [3.05, 3.63) is 113 Å². The standard InChI is InChI=1S/C16H20N2O2.C8H10O.C6H7N/c1-12(14-6-7-15(19)16(9-14)20-3)18(2)11-13-5-4-8-17-10-13;1-6-3-4-8(9)7(2)5-6;1-6-3-2-4-7-5-6/h4-10,12,19H,11H2,1-3H3;3-5,9H,1-2H3;2-5H,1H3. The molecule has 0 saturated heterocycles. The molecule has 0 radical (unpaired) electrons. The van der Waals surface area contributed by atoms with Gasteiger partial charge < -0.3 is 14.9 Å². The number of phenolic OH excluding ortho intramolecular Hbond substituents is 2. The summed E-state index contributed by atoms with van der Waals surface area (Å²) in [5, 5.41) is 18.7. The Balaban J connectivity index is 0.000000233. The highest BCUT2D eigenvalue weighted by Gasteiger charge is 2.14. The van der Waals surface area contributed by atoms with Crippen LogP contribution < -0.4 is 4.74 Å². The zero-order valence-electron chi connectivity index (χ0n) is 22.0. The van der Waals surface area contributed by atoms with Crippen LogP contribution in [-0.4, -0.2) is 39.2 Å². The van der Waals surface area contributed by atoms with Gasteiger partial charge in [0.05, 0.1) is 7.11 Å². The van der Waals surface area contributed by atoms with E-state index in [0.717, 1.165) is 17.7 Å². The Morgan fingerprint density at radius 3 is 2.00 bits per heavy atom. The number of hydrogen-bond donors (Lipinski definition) is 2. The molecule has 0 aliphatic heterocycles. The van der Waals surface area contributed by atoms with E-state index in [0.29, 0.717) is 11.5 Å². The number of aromatic hydroxyl groups is 2. The third kappa shape index (κ3) is 9.39. The second-order valence-electron chi connectivity index (χ2n) is 8.70. The van der Waals surface area contributed by atoms with Gasteiger partial charge in [-0.1, -0.05) is 35.9 Å². The molecule has 2 aromatic carbocycles. The van der Waals surface area contributed by atoms with Crippen LogP contribution in [-0.2, 0) is 6.54 Å². The van der Waals surface area contributed by atoms with Gasteiger partial charge in [0.25, 0.3) is 0 Å². The molecule has 4 rings (SSSR count). The van der Waals surface area contributed by atoms with E-state index in [1.807, 2.05) is 75.6 Å². The molecule has 2 aromatic heterocycles. The van der Waals surface area contributed by atoms with Gasteiger partial charge in [-0.2, -0.15) is 0 Å². The van der Waals surface area contributed by atoms with Crippen molar-refractivity contribution in [1.82, 2.24) is 14.9 Å². The van der Waals surface area contributed by atoms with Crippen LogP contribution in [0.15, 0.2) is 85.5 Å². The fraction of sp³-hybridized carbons (Fsp3) is 0.267. The van der Waals surface area contributed by atoms with Crippen molar-refractivity contribution < 1.29 is 14.9 Å². The highest BCUT2D eigenvalue weighted by Crippen LogP contribution is 2.30. The largest absolute Gasteiger partial charge is 0.508 e. The van der Waals surface area contributed by atoms with Crippen LogP contribution in [0.4, 0.5) is 0 Å². The van der Waals surface area contributed by atoms with Gasteiger partial charge in [-0.15, -0.1) is 0 Å². The molecule has 0 amide bonds. The van der Waals surface area contributed by atoms with E-state index in [2.05, 4.69) is 34.9 Å². The summed E-state index contributed by atoms with van der Waals surface area (Å²) in [6.07, 6.45) is 7.26. The molecule has 0 saturated carbocycles. The van der Waals surface area contributed by atoms with Crippen LogP contribution >= 0.6 is 0 Å². The fourth-order valence-corrected chi connectivity index (χ4v) is 3.38. The zero-order valence-corrected chi connectivity index (χ0v) is 22.0. The Morgan fingerprint density at radius 1 is 0.833 bits per heavy atom. The summed E-state index contributed by atoms with van der Waals surface area (Å²) in [4.78, 5) is 10.2. The average molecular weight is 488 g/mol. The van der Waals surface area contributed by atoms with Crippen LogP contribution in [0.2, 0.25) is 0 Å². The number of hydrogen-bond acceptors (Lipinski definition) is 6. The second kappa shape index (κ2) is 14.5. The topological polar surface area (TPSA) is 78.7 Å². The van der Waals surface area contributed by atoms with Crippen molar-refractivity contribution >= 4 is 0 Å². The number of rotatable bonds is 5. The number of nitrogens with zero attached hydrogens (tertiary/aromatic N) is 3. The maximum absolute atomic E-state index is 9.64. The number of benzene rings is 2. The Labute approximate surface area is 214 Å². The van der Waals surface area contributed by atoms with E-state index >= 15 is 0 Å². The molecule has 0 aliphatic carbocycles. The van der Waals surface area contributed by atoms with Gasteiger partial charge in [0.1, 0.15) is 5.75 Å². The minimum Gasteiger partial charge on any atom is -0.508 e. The van der Waals surface area contributed by atoms with E-state index < -0.39 is 0 Å². The molecule has 36 heavy (non-hydrogen) atoms. The summed E-state index contributed by atoms with van der Waals surface area (Å²) in [5.41, 5.74) is 5.61. The Hall–Kier alpha value is -3.90. The van der Waals surface area contributed by atoms with Crippen LogP contribution in [0.25, 0.3) is 0 Å². The monoisotopic (exact) mass is 487 g/mol. The van der Waals surface area contributed by atoms with Gasteiger partial charge >= 0.3 is 0 Å². The Bertz CT molecular complexity index is 1180. The number of ether oxygens (including phenoxy) is 1. The van der Waals surface area contributed by atoms with E-state index in [4.69, 9.17) is 9.84 Å². The van der Waals surface area contributed by atoms with Gasteiger partial charge in [-0.05, 0) is 87.3 Å². The number of methoxy groups -OCH3 is 1. The molecule has 6 heteroatoms. The first-order valence-electron chi connectivity index (χ1n) is 11.8. The van der Waals surface area contributed by atoms with Crippen LogP contribution in [0.1, 0.15) is 40.8 Å². The third-order valence-corrected chi connectivity index (χ3v) is 5.66. The maximum Gasteiger partial charge on any atom is 0.160 e. The smallest absolute Gasteiger partial charge is 0.160 e. The van der Waals surface area contributed by atoms with E-state index in [9.17, 15) is 5.11 Å². The van der Waals surface area contributed by atoms with Crippen LogP contribution in [0.3, 0.4) is 0 Å². The molecule has 4 aromatic rings. The summed E-state index contributed by atoms with van der Waals surface area (Å²) in [5.74, 6) is 1.04. The van der Waals surface area contributed by atoms with E-state index in [1.165, 1.54) is 16.7 Å². The van der Waals surface area contributed by atoms with Gasteiger partial charge in [0.15, 0.2) is 11.5 Å². The number of phenols is 2. The first-order chi connectivity index (χ1) is 17.2. The normalized spacial score (nSPS) is 11.0. The summed E-state index contributed by atoms with van der Waals surface area (Å²) in [7, 11) is 3.62. The molecular formula is C30H37N3O3. The molecule has 6 nitrogen and oxygen atoms in total. The van der Waals surface area contributed by atoms with Gasteiger partial charge in [0, 0.05) is 37.4 Å². The molecular weight excluding hydrogens is 450 g/mol. The molecule has 2 heterocycles. The minimum absolute atomic E-state index is 0.165. The molecule has 0 spiro atoms.